The third kappa shape index (κ3) is 2.54. The van der Waals surface area contributed by atoms with Gasteiger partial charge in [-0.25, -0.2) is 13.7 Å². The van der Waals surface area contributed by atoms with Gasteiger partial charge in [0.2, 0.25) is 0 Å². The van der Waals surface area contributed by atoms with Gasteiger partial charge in [0.1, 0.15) is 5.82 Å². The summed E-state index contributed by atoms with van der Waals surface area (Å²) in [7, 11) is 0. The molecule has 7 heteroatoms. The number of esters is 1. The maximum Gasteiger partial charge on any atom is 0.360 e. The van der Waals surface area contributed by atoms with Crippen LogP contribution >= 0.6 is 0 Å². The van der Waals surface area contributed by atoms with Gasteiger partial charge >= 0.3 is 5.97 Å². The maximum atomic E-state index is 13.1. The number of hydrogen-bond donors (Lipinski definition) is 0. The molecule has 3 rings (SSSR count). The van der Waals surface area contributed by atoms with E-state index in [0.29, 0.717) is 11.3 Å². The number of halogens is 1. The second-order valence-electron chi connectivity index (χ2n) is 5.06. The highest BCUT2D eigenvalue weighted by Crippen LogP contribution is 2.27. The Balaban J connectivity index is 2.19. The molecule has 2 aromatic heterocycles. The van der Waals surface area contributed by atoms with Gasteiger partial charge in [0.15, 0.2) is 11.3 Å². The number of carbonyl (C=O) groups is 1. The molecule has 0 amide bonds. The molecule has 0 bridgehead atoms. The fourth-order valence-electron chi connectivity index (χ4n) is 2.45. The van der Waals surface area contributed by atoms with Crippen LogP contribution in [0.3, 0.4) is 0 Å². The van der Waals surface area contributed by atoms with Crippen LogP contribution in [0.5, 0.6) is 0 Å². The fourth-order valence-corrected chi connectivity index (χ4v) is 2.45. The Kier molecular flexibility index (Phi) is 3.77. The predicted molar refractivity (Wildman–Crippen MR) is 81.6 cm³/mol. The number of hydrogen-bond acceptors (Lipinski definition) is 5. The monoisotopic (exact) mass is 314 g/mol. The number of carbonyl (C=O) groups excluding carboxylic acids is 1. The molecule has 1 aromatic carbocycles. The van der Waals surface area contributed by atoms with Crippen molar-refractivity contribution < 1.29 is 13.9 Å². The van der Waals surface area contributed by atoms with Crippen molar-refractivity contribution >= 4 is 11.6 Å². The van der Waals surface area contributed by atoms with E-state index in [4.69, 9.17) is 4.74 Å². The number of aromatic nitrogens is 4. The summed E-state index contributed by atoms with van der Waals surface area (Å²) in [5.74, 6) is -0.842. The molecule has 0 N–H and O–H groups in total. The van der Waals surface area contributed by atoms with E-state index in [1.54, 1.807) is 30.5 Å². The minimum Gasteiger partial charge on any atom is -0.461 e. The molecule has 3 aromatic rings. The first-order chi connectivity index (χ1) is 11.0. The third-order valence-electron chi connectivity index (χ3n) is 3.54. The Hall–Kier alpha value is -2.83. The number of rotatable bonds is 3. The van der Waals surface area contributed by atoms with Gasteiger partial charge in [-0.2, -0.15) is 5.10 Å². The van der Waals surface area contributed by atoms with Crippen molar-refractivity contribution in [1.29, 1.82) is 0 Å². The van der Waals surface area contributed by atoms with Crippen LogP contribution in [0.2, 0.25) is 0 Å². The first-order valence-electron chi connectivity index (χ1n) is 7.18. The molecule has 0 spiro atoms. The van der Waals surface area contributed by atoms with Gasteiger partial charge in [0.05, 0.1) is 23.6 Å². The van der Waals surface area contributed by atoms with Gasteiger partial charge in [0.25, 0.3) is 0 Å². The van der Waals surface area contributed by atoms with E-state index >= 15 is 0 Å². The number of aryl methyl sites for hydroxylation is 2. The van der Waals surface area contributed by atoms with Gasteiger partial charge in [-0.3, -0.25) is 0 Å². The molecule has 2 heterocycles. The molecular formula is C16H15FN4O2. The molecule has 0 aliphatic heterocycles. The smallest absolute Gasteiger partial charge is 0.360 e. The van der Waals surface area contributed by atoms with Crippen LogP contribution in [0.1, 0.15) is 28.8 Å². The number of ether oxygens (including phenoxy) is 1. The summed E-state index contributed by atoms with van der Waals surface area (Å²) in [6.07, 6.45) is 0. The molecule has 0 saturated carbocycles. The Labute approximate surface area is 131 Å². The minimum absolute atomic E-state index is 0.132. The van der Waals surface area contributed by atoms with Crippen molar-refractivity contribution in [2.45, 2.75) is 20.8 Å². The highest BCUT2D eigenvalue weighted by atomic mass is 19.1. The van der Waals surface area contributed by atoms with Crippen LogP contribution in [0.4, 0.5) is 4.39 Å². The van der Waals surface area contributed by atoms with Crippen LogP contribution in [0.15, 0.2) is 24.3 Å². The minimum atomic E-state index is -0.532. The quantitative estimate of drug-likeness (QED) is 0.695. The molecule has 0 radical (unpaired) electrons. The van der Waals surface area contributed by atoms with E-state index in [-0.39, 0.29) is 18.1 Å². The van der Waals surface area contributed by atoms with E-state index in [0.717, 1.165) is 16.8 Å². The summed E-state index contributed by atoms with van der Waals surface area (Å²) in [5, 5.41) is 12.5. The summed E-state index contributed by atoms with van der Waals surface area (Å²) in [4.78, 5) is 11.9. The van der Waals surface area contributed by atoms with Crippen LogP contribution in [0.25, 0.3) is 16.8 Å². The number of fused-ring (bicyclic) bond motifs is 1. The number of benzene rings is 1. The zero-order valence-corrected chi connectivity index (χ0v) is 13.0. The van der Waals surface area contributed by atoms with Crippen LogP contribution < -0.4 is 0 Å². The lowest BCUT2D eigenvalue weighted by Gasteiger charge is -2.05. The normalized spacial score (nSPS) is 11.0. The summed E-state index contributed by atoms with van der Waals surface area (Å²) >= 11 is 0. The first kappa shape index (κ1) is 15.1. The van der Waals surface area contributed by atoms with Crippen molar-refractivity contribution in [2.24, 2.45) is 0 Å². The lowest BCUT2D eigenvalue weighted by atomic mass is 10.1. The third-order valence-corrected chi connectivity index (χ3v) is 3.54. The first-order valence-corrected chi connectivity index (χ1v) is 7.18. The van der Waals surface area contributed by atoms with Gasteiger partial charge in [-0.1, -0.05) is 12.1 Å². The van der Waals surface area contributed by atoms with Gasteiger partial charge in [-0.15, -0.1) is 10.2 Å². The topological polar surface area (TPSA) is 69.4 Å². The van der Waals surface area contributed by atoms with Crippen molar-refractivity contribution in [2.75, 3.05) is 6.61 Å². The average molecular weight is 314 g/mol. The van der Waals surface area contributed by atoms with Crippen molar-refractivity contribution in [1.82, 2.24) is 19.8 Å². The van der Waals surface area contributed by atoms with E-state index < -0.39 is 5.97 Å². The molecule has 23 heavy (non-hydrogen) atoms. The SMILES string of the molecule is CCOC(=O)c1nnc2c(-c3ccc(F)cc3)c(C)nn2c1C. The van der Waals surface area contributed by atoms with Crippen LogP contribution in [0, 0.1) is 19.7 Å². The fraction of sp³-hybridized carbons (Fsp3) is 0.250. The zero-order valence-electron chi connectivity index (χ0n) is 13.0. The summed E-state index contributed by atoms with van der Waals surface area (Å²) in [6, 6.07) is 6.09. The van der Waals surface area contributed by atoms with Gasteiger partial charge in [0, 0.05) is 0 Å². The molecule has 0 saturated heterocycles. The lowest BCUT2D eigenvalue weighted by Crippen LogP contribution is -2.14. The van der Waals surface area contributed by atoms with Gasteiger partial charge in [-0.05, 0) is 38.5 Å². The van der Waals surface area contributed by atoms with Crippen molar-refractivity contribution in [3.05, 3.63) is 47.2 Å². The molecule has 0 fully saturated rings. The standard InChI is InChI=1S/C16H15FN4O2/c1-4-23-16(22)14-10(3)21-15(19-18-14)13(9(2)20-21)11-5-7-12(17)8-6-11/h5-8H,4H2,1-3H3. The molecule has 0 atom stereocenters. The van der Waals surface area contributed by atoms with Crippen molar-refractivity contribution in [3.8, 4) is 11.1 Å². The molecule has 0 aliphatic carbocycles. The van der Waals surface area contributed by atoms with E-state index in [9.17, 15) is 9.18 Å². The molecule has 6 nitrogen and oxygen atoms in total. The Bertz CT molecular complexity index is 887. The Morgan fingerprint density at radius 2 is 1.91 bits per heavy atom. The summed E-state index contributed by atoms with van der Waals surface area (Å²) in [6.45, 7) is 5.55. The van der Waals surface area contributed by atoms with Crippen molar-refractivity contribution in [3.63, 3.8) is 0 Å². The second-order valence-corrected chi connectivity index (χ2v) is 5.06. The van der Waals surface area contributed by atoms with Crippen LogP contribution in [-0.2, 0) is 4.74 Å². The molecule has 118 valence electrons. The Morgan fingerprint density at radius 3 is 2.57 bits per heavy atom. The van der Waals surface area contributed by atoms with E-state index in [1.807, 2.05) is 6.92 Å². The summed E-state index contributed by atoms with van der Waals surface area (Å²) in [5.41, 5.74) is 3.46. The highest BCUT2D eigenvalue weighted by Gasteiger charge is 2.20. The molecular weight excluding hydrogens is 299 g/mol. The molecule has 0 unspecified atom stereocenters. The number of nitrogens with zero attached hydrogens (tertiary/aromatic N) is 4. The lowest BCUT2D eigenvalue weighted by molar-refractivity contribution is 0.0516. The largest absolute Gasteiger partial charge is 0.461 e. The summed E-state index contributed by atoms with van der Waals surface area (Å²) < 4.78 is 19.7. The predicted octanol–water partition coefficient (Wildman–Crippen LogP) is 2.72. The van der Waals surface area contributed by atoms with Crippen LogP contribution in [-0.4, -0.2) is 32.4 Å². The van der Waals surface area contributed by atoms with Gasteiger partial charge < -0.3 is 4.74 Å². The second kappa shape index (κ2) is 5.75. The molecule has 0 aliphatic rings. The average Bonchev–Trinajstić information content (AvgIpc) is 2.86. The zero-order chi connectivity index (χ0) is 16.6. The highest BCUT2D eigenvalue weighted by molar-refractivity contribution is 5.89. The maximum absolute atomic E-state index is 13.1. The Morgan fingerprint density at radius 1 is 1.22 bits per heavy atom. The van der Waals surface area contributed by atoms with E-state index in [1.165, 1.54) is 12.1 Å². The van der Waals surface area contributed by atoms with E-state index in [2.05, 4.69) is 15.3 Å².